The van der Waals surface area contributed by atoms with Crippen LogP contribution in [-0.2, 0) is 11.7 Å². The molecule has 92 valence electrons. The molecule has 1 heterocycles. The number of ether oxygens (including phenoxy) is 1. The van der Waals surface area contributed by atoms with Crippen molar-refractivity contribution in [3.8, 4) is 5.88 Å². The van der Waals surface area contributed by atoms with E-state index in [4.69, 9.17) is 0 Å². The summed E-state index contributed by atoms with van der Waals surface area (Å²) in [6.07, 6.45) is -4.80. The highest BCUT2D eigenvalue weighted by molar-refractivity contribution is 5.22. The summed E-state index contributed by atoms with van der Waals surface area (Å²) in [5.41, 5.74) is -2.40. The van der Waals surface area contributed by atoms with E-state index in [0.29, 0.717) is 4.68 Å². The zero-order valence-corrected chi connectivity index (χ0v) is 9.31. The van der Waals surface area contributed by atoms with Gasteiger partial charge in [-0.15, -0.1) is 5.10 Å². The Labute approximate surface area is 90.0 Å². The lowest BCUT2D eigenvalue weighted by Crippen LogP contribution is -2.29. The van der Waals surface area contributed by atoms with Crippen molar-refractivity contribution < 1.29 is 22.3 Å². The summed E-state index contributed by atoms with van der Waals surface area (Å²) in [7, 11) is 1.07. The van der Waals surface area contributed by atoms with Gasteiger partial charge in [0.15, 0.2) is 5.69 Å². The van der Waals surface area contributed by atoms with Crippen LogP contribution < -0.4 is 4.74 Å². The van der Waals surface area contributed by atoms with E-state index in [2.05, 4.69) is 9.84 Å². The van der Waals surface area contributed by atoms with Crippen LogP contribution in [0.1, 0.15) is 26.5 Å². The average molecular weight is 240 g/mol. The zero-order valence-electron chi connectivity index (χ0n) is 9.31. The molecule has 1 aromatic heterocycles. The Hall–Kier alpha value is -1.27. The Bertz CT molecular complexity index is 389. The molecule has 0 radical (unpaired) electrons. The quantitative estimate of drug-likeness (QED) is 0.706. The normalized spacial score (nSPS) is 13.0. The van der Waals surface area contributed by atoms with Gasteiger partial charge in [0.1, 0.15) is 0 Å². The number of aromatic nitrogens is 2. The number of hydrogen-bond donors (Lipinski definition) is 0. The minimum absolute atomic E-state index is 0.584. The molecule has 0 atom stereocenters. The van der Waals surface area contributed by atoms with Crippen LogP contribution >= 0.6 is 0 Å². The minimum atomic E-state index is -4.80. The van der Waals surface area contributed by atoms with Crippen LogP contribution in [0.2, 0.25) is 0 Å². The van der Waals surface area contributed by atoms with Crippen LogP contribution in [0.3, 0.4) is 0 Å². The third-order valence-electron chi connectivity index (χ3n) is 1.90. The molecule has 0 unspecified atom stereocenters. The largest absolute Gasteiger partial charge is 0.478 e. The van der Waals surface area contributed by atoms with Crippen molar-refractivity contribution >= 4 is 0 Å². The van der Waals surface area contributed by atoms with Crippen molar-refractivity contribution in [2.24, 2.45) is 0 Å². The van der Waals surface area contributed by atoms with Gasteiger partial charge < -0.3 is 4.74 Å². The van der Waals surface area contributed by atoms with Crippen LogP contribution in [0.5, 0.6) is 5.88 Å². The molecule has 0 amide bonds. The smallest absolute Gasteiger partial charge is 0.436 e. The maximum absolute atomic E-state index is 13.4. The minimum Gasteiger partial charge on any atom is -0.478 e. The average Bonchev–Trinajstić information content (AvgIpc) is 2.40. The van der Waals surface area contributed by atoms with Crippen LogP contribution in [0.4, 0.5) is 17.6 Å². The van der Waals surface area contributed by atoms with Crippen LogP contribution in [0, 0.1) is 5.82 Å². The van der Waals surface area contributed by atoms with E-state index in [-0.39, 0.29) is 0 Å². The van der Waals surface area contributed by atoms with Crippen LogP contribution in [0.25, 0.3) is 0 Å². The summed E-state index contributed by atoms with van der Waals surface area (Å²) in [6.45, 7) is 4.48. The zero-order chi connectivity index (χ0) is 12.7. The number of nitrogens with zero attached hydrogens (tertiary/aromatic N) is 2. The summed E-state index contributed by atoms with van der Waals surface area (Å²) < 4.78 is 56.3. The number of alkyl halides is 3. The van der Waals surface area contributed by atoms with Gasteiger partial charge in [-0.2, -0.15) is 17.6 Å². The molecule has 3 nitrogen and oxygen atoms in total. The molecule has 1 rings (SSSR count). The van der Waals surface area contributed by atoms with Gasteiger partial charge in [0.25, 0.3) is 5.88 Å². The lowest BCUT2D eigenvalue weighted by molar-refractivity contribution is -0.148. The molecule has 16 heavy (non-hydrogen) atoms. The first-order valence-electron chi connectivity index (χ1n) is 4.49. The fraction of sp³-hybridized carbons (Fsp3) is 0.667. The van der Waals surface area contributed by atoms with Gasteiger partial charge >= 0.3 is 6.18 Å². The number of rotatable bonds is 1. The second-order valence-corrected chi connectivity index (χ2v) is 4.25. The number of halogens is 4. The SMILES string of the molecule is COc1nn(C(C)(C)C)c(C(F)(F)F)c1F. The summed E-state index contributed by atoms with van der Waals surface area (Å²) >= 11 is 0. The summed E-state index contributed by atoms with van der Waals surface area (Å²) in [4.78, 5) is 0. The molecule has 7 heteroatoms. The predicted molar refractivity (Wildman–Crippen MR) is 48.7 cm³/mol. The van der Waals surface area contributed by atoms with Gasteiger partial charge in [0.05, 0.1) is 12.6 Å². The second-order valence-electron chi connectivity index (χ2n) is 4.25. The van der Waals surface area contributed by atoms with E-state index in [1.54, 1.807) is 0 Å². The predicted octanol–water partition coefficient (Wildman–Crippen LogP) is 2.80. The standard InChI is InChI=1S/C9H12F4N2O/c1-8(2,3)15-6(9(11,12)13)5(10)7(14-15)16-4/h1-4H3. The van der Waals surface area contributed by atoms with Crippen molar-refractivity contribution in [1.82, 2.24) is 9.78 Å². The third kappa shape index (κ3) is 2.12. The van der Waals surface area contributed by atoms with Crippen molar-refractivity contribution in [3.63, 3.8) is 0 Å². The monoisotopic (exact) mass is 240 g/mol. The molecular weight excluding hydrogens is 228 g/mol. The van der Waals surface area contributed by atoms with Gasteiger partial charge in [0, 0.05) is 0 Å². The van der Waals surface area contributed by atoms with E-state index < -0.39 is 29.1 Å². The van der Waals surface area contributed by atoms with E-state index in [0.717, 1.165) is 7.11 Å². The highest BCUT2D eigenvalue weighted by Crippen LogP contribution is 2.37. The molecule has 0 bridgehead atoms. The molecule has 0 aliphatic heterocycles. The number of hydrogen-bond acceptors (Lipinski definition) is 2. The molecule has 0 saturated carbocycles. The van der Waals surface area contributed by atoms with E-state index >= 15 is 0 Å². The fourth-order valence-corrected chi connectivity index (χ4v) is 1.24. The summed E-state index contributed by atoms with van der Waals surface area (Å²) in [5.74, 6) is -2.13. The third-order valence-corrected chi connectivity index (χ3v) is 1.90. The van der Waals surface area contributed by atoms with E-state index in [9.17, 15) is 17.6 Å². The molecule has 0 aliphatic carbocycles. The highest BCUT2D eigenvalue weighted by Gasteiger charge is 2.43. The maximum atomic E-state index is 13.4. The molecule has 0 fully saturated rings. The molecule has 0 aliphatic rings. The molecule has 0 spiro atoms. The molecule has 0 N–H and O–H groups in total. The first-order chi connectivity index (χ1) is 7.09. The van der Waals surface area contributed by atoms with Crippen molar-refractivity contribution in [2.75, 3.05) is 7.11 Å². The summed E-state index contributed by atoms with van der Waals surface area (Å²) in [6, 6.07) is 0. The molecule has 0 saturated heterocycles. The van der Waals surface area contributed by atoms with E-state index in [1.807, 2.05) is 0 Å². The second kappa shape index (κ2) is 3.64. The first kappa shape index (κ1) is 12.8. The Morgan fingerprint density at radius 1 is 1.19 bits per heavy atom. The van der Waals surface area contributed by atoms with Gasteiger partial charge in [-0.1, -0.05) is 0 Å². The van der Waals surface area contributed by atoms with Gasteiger partial charge in [0.2, 0.25) is 5.82 Å². The highest BCUT2D eigenvalue weighted by atomic mass is 19.4. The first-order valence-corrected chi connectivity index (χ1v) is 4.49. The fourth-order valence-electron chi connectivity index (χ4n) is 1.24. The topological polar surface area (TPSA) is 27.1 Å². The molecule has 0 aromatic carbocycles. The Balaban J connectivity index is 3.50. The lowest BCUT2D eigenvalue weighted by Gasteiger charge is -2.22. The van der Waals surface area contributed by atoms with Crippen molar-refractivity contribution in [2.45, 2.75) is 32.5 Å². The van der Waals surface area contributed by atoms with Crippen molar-refractivity contribution in [1.29, 1.82) is 0 Å². The van der Waals surface area contributed by atoms with Gasteiger partial charge in [-0.25, -0.2) is 4.68 Å². The van der Waals surface area contributed by atoms with Crippen LogP contribution in [-0.4, -0.2) is 16.9 Å². The van der Waals surface area contributed by atoms with E-state index in [1.165, 1.54) is 20.8 Å². The number of methoxy groups -OCH3 is 1. The van der Waals surface area contributed by atoms with Gasteiger partial charge in [-0.3, -0.25) is 0 Å². The Kier molecular flexibility index (Phi) is 2.91. The van der Waals surface area contributed by atoms with Crippen LogP contribution in [0.15, 0.2) is 0 Å². The summed E-state index contributed by atoms with van der Waals surface area (Å²) in [5, 5.41) is 3.47. The van der Waals surface area contributed by atoms with Gasteiger partial charge in [-0.05, 0) is 20.8 Å². The Morgan fingerprint density at radius 3 is 1.94 bits per heavy atom. The van der Waals surface area contributed by atoms with Crippen molar-refractivity contribution in [3.05, 3.63) is 11.5 Å². The maximum Gasteiger partial charge on any atom is 0.436 e. The molecular formula is C9H12F4N2O. The molecule has 1 aromatic rings. The Morgan fingerprint density at radius 2 is 1.69 bits per heavy atom. The lowest BCUT2D eigenvalue weighted by atomic mass is 10.1.